The van der Waals surface area contributed by atoms with Crippen LogP contribution in [0.5, 0.6) is 0 Å². The number of H-pyrrole nitrogens is 1. The van der Waals surface area contributed by atoms with E-state index < -0.39 is 0 Å². The summed E-state index contributed by atoms with van der Waals surface area (Å²) in [5, 5.41) is 12.2. The second-order valence-corrected chi connectivity index (χ2v) is 8.58. The fraction of sp³-hybridized carbons (Fsp3) is 0.120. The molecular weight excluding hydrogens is 443 g/mol. The minimum absolute atomic E-state index is 0.00780. The fourth-order valence-electron chi connectivity index (χ4n) is 3.93. The number of amides is 1. The Morgan fingerprint density at radius 3 is 2.41 bits per heavy atom. The highest BCUT2D eigenvalue weighted by atomic mass is 35.5. The van der Waals surface area contributed by atoms with Crippen LogP contribution in [0, 0.1) is 0 Å². The van der Waals surface area contributed by atoms with Gasteiger partial charge in [0.2, 0.25) is 0 Å². The van der Waals surface area contributed by atoms with Crippen molar-refractivity contribution in [2.75, 3.05) is 11.6 Å². The molecule has 0 saturated carbocycles. The Morgan fingerprint density at radius 1 is 1.00 bits per heavy atom. The van der Waals surface area contributed by atoms with E-state index in [1.54, 1.807) is 0 Å². The molecule has 160 valence electrons. The van der Waals surface area contributed by atoms with Crippen molar-refractivity contribution >= 4 is 51.4 Å². The van der Waals surface area contributed by atoms with Crippen LogP contribution in [0.4, 0.5) is 5.69 Å². The third kappa shape index (κ3) is 4.22. The number of carbonyl (C=O) groups excluding carboxylic acids is 1. The topological polar surface area (TPSA) is 60.5 Å². The number of fused-ring (bicyclic) bond motifs is 1. The molecule has 0 bridgehead atoms. The zero-order valence-electron chi connectivity index (χ0n) is 17.1. The lowest BCUT2D eigenvalue weighted by Gasteiger charge is -2.24. The van der Waals surface area contributed by atoms with Gasteiger partial charge < -0.3 is 10.3 Å². The normalized spacial score (nSPS) is 15.8. The molecule has 7 heteroatoms. The first-order chi connectivity index (χ1) is 15.6. The maximum atomic E-state index is 12.7. The number of para-hydroxylation sites is 1. The van der Waals surface area contributed by atoms with Gasteiger partial charge >= 0.3 is 0 Å². The number of benzene rings is 3. The second-order valence-electron chi connectivity index (χ2n) is 7.71. The lowest BCUT2D eigenvalue weighted by molar-refractivity contribution is 0.0955. The van der Waals surface area contributed by atoms with Gasteiger partial charge in [0.25, 0.3) is 5.91 Å². The maximum absolute atomic E-state index is 12.7. The summed E-state index contributed by atoms with van der Waals surface area (Å²) in [5.74, 6) is -0.156. The third-order valence-electron chi connectivity index (χ3n) is 5.55. The molecule has 0 aliphatic carbocycles. The van der Waals surface area contributed by atoms with Gasteiger partial charge in [0, 0.05) is 27.4 Å². The molecule has 2 heterocycles. The molecule has 1 atom stereocenters. The predicted molar refractivity (Wildman–Crippen MR) is 131 cm³/mol. The summed E-state index contributed by atoms with van der Waals surface area (Å²) in [7, 11) is 0. The van der Waals surface area contributed by atoms with Gasteiger partial charge in [-0.05, 0) is 54.1 Å². The molecule has 5 rings (SSSR count). The van der Waals surface area contributed by atoms with E-state index in [9.17, 15) is 4.79 Å². The minimum Gasteiger partial charge on any atom is -0.351 e. The summed E-state index contributed by atoms with van der Waals surface area (Å²) >= 11 is 12.2. The molecule has 1 unspecified atom stereocenters. The first-order valence-corrected chi connectivity index (χ1v) is 11.0. The highest BCUT2D eigenvalue weighted by Crippen LogP contribution is 2.36. The van der Waals surface area contributed by atoms with Gasteiger partial charge in [-0.15, -0.1) is 0 Å². The number of anilines is 1. The lowest BCUT2D eigenvalue weighted by Crippen LogP contribution is -2.29. The lowest BCUT2D eigenvalue weighted by atomic mass is 10.0. The van der Waals surface area contributed by atoms with Crippen LogP contribution in [0.15, 0.2) is 84.0 Å². The second kappa shape index (κ2) is 8.69. The van der Waals surface area contributed by atoms with Crippen LogP contribution in [0.25, 0.3) is 10.9 Å². The molecule has 0 saturated heterocycles. The summed E-state index contributed by atoms with van der Waals surface area (Å²) in [4.78, 5) is 15.9. The van der Waals surface area contributed by atoms with E-state index in [4.69, 9.17) is 28.3 Å². The Morgan fingerprint density at radius 2 is 1.69 bits per heavy atom. The van der Waals surface area contributed by atoms with Crippen molar-refractivity contribution in [3.05, 3.63) is 100 Å². The summed E-state index contributed by atoms with van der Waals surface area (Å²) < 4.78 is 0. The molecule has 32 heavy (non-hydrogen) atoms. The summed E-state index contributed by atoms with van der Waals surface area (Å²) in [6.45, 7) is 0.363. The zero-order valence-corrected chi connectivity index (χ0v) is 18.6. The van der Waals surface area contributed by atoms with Crippen molar-refractivity contribution in [2.45, 2.75) is 12.5 Å². The van der Waals surface area contributed by atoms with Gasteiger partial charge in [0.05, 0.1) is 24.0 Å². The van der Waals surface area contributed by atoms with Crippen molar-refractivity contribution in [1.29, 1.82) is 0 Å². The third-order valence-corrected chi connectivity index (χ3v) is 6.05. The van der Waals surface area contributed by atoms with Crippen LogP contribution < -0.4 is 10.3 Å². The van der Waals surface area contributed by atoms with Gasteiger partial charge in [0.1, 0.15) is 5.69 Å². The quantitative estimate of drug-likeness (QED) is 0.370. The van der Waals surface area contributed by atoms with Crippen LogP contribution >= 0.6 is 23.2 Å². The highest BCUT2D eigenvalue weighted by Gasteiger charge is 2.29. The molecular formula is C25H20Cl2N4O. The molecule has 0 spiro atoms. The molecule has 3 aromatic carbocycles. The SMILES string of the molecule is O=C(NCC1=NN(c2ccc(Cl)cc2)C(c2ccc(Cl)cc2)C1)c1cc2ccccc2[nH]1. The molecule has 1 aliphatic rings. The van der Waals surface area contributed by atoms with E-state index in [1.165, 1.54) is 0 Å². The van der Waals surface area contributed by atoms with Gasteiger partial charge in [-0.3, -0.25) is 9.80 Å². The fourth-order valence-corrected chi connectivity index (χ4v) is 4.18. The molecule has 2 N–H and O–H groups in total. The molecule has 1 amide bonds. The summed E-state index contributed by atoms with van der Waals surface area (Å²) in [6, 6.07) is 25.1. The number of nitrogens with one attached hydrogen (secondary N) is 2. The number of nitrogens with zero attached hydrogens (tertiary/aromatic N) is 2. The largest absolute Gasteiger partial charge is 0.351 e. The van der Waals surface area contributed by atoms with Gasteiger partial charge in [0.15, 0.2) is 0 Å². The Labute approximate surface area is 195 Å². The van der Waals surface area contributed by atoms with Gasteiger partial charge in [-0.25, -0.2) is 0 Å². The standard InChI is InChI=1S/C25H20Cl2N4O/c26-18-7-5-16(6-8-18)24-14-20(30-31(24)21-11-9-19(27)10-12-21)15-28-25(32)23-13-17-3-1-2-4-22(17)29-23/h1-13,24,29H,14-15H2,(H,28,32). The Balaban J connectivity index is 1.35. The minimum atomic E-state index is -0.156. The molecule has 5 nitrogen and oxygen atoms in total. The van der Waals surface area contributed by atoms with Gasteiger partial charge in [-0.1, -0.05) is 53.5 Å². The van der Waals surface area contributed by atoms with E-state index in [0.29, 0.717) is 28.7 Å². The number of hydrogen-bond acceptors (Lipinski definition) is 3. The Bertz CT molecular complexity index is 1260. The monoisotopic (exact) mass is 462 g/mol. The molecule has 1 aliphatic heterocycles. The van der Waals surface area contributed by atoms with E-state index in [0.717, 1.165) is 27.9 Å². The van der Waals surface area contributed by atoms with Crippen LogP contribution in [-0.2, 0) is 0 Å². The molecule has 0 radical (unpaired) electrons. The summed E-state index contributed by atoms with van der Waals surface area (Å²) in [5.41, 5.74) is 4.40. The number of hydrazone groups is 1. The van der Waals surface area contributed by atoms with Crippen molar-refractivity contribution < 1.29 is 4.79 Å². The Hall–Kier alpha value is -3.28. The number of carbonyl (C=O) groups is 1. The predicted octanol–water partition coefficient (Wildman–Crippen LogP) is 6.21. The van der Waals surface area contributed by atoms with Crippen molar-refractivity contribution in [2.24, 2.45) is 5.10 Å². The van der Waals surface area contributed by atoms with Crippen LogP contribution in [0.1, 0.15) is 28.5 Å². The summed E-state index contributed by atoms with van der Waals surface area (Å²) in [6.07, 6.45) is 0.692. The maximum Gasteiger partial charge on any atom is 0.268 e. The number of aromatic nitrogens is 1. The molecule has 1 aromatic heterocycles. The van der Waals surface area contributed by atoms with E-state index in [-0.39, 0.29) is 11.9 Å². The van der Waals surface area contributed by atoms with Crippen LogP contribution in [0.3, 0.4) is 0 Å². The van der Waals surface area contributed by atoms with Crippen LogP contribution in [0.2, 0.25) is 10.0 Å². The van der Waals surface area contributed by atoms with E-state index >= 15 is 0 Å². The number of rotatable bonds is 5. The smallest absolute Gasteiger partial charge is 0.268 e. The van der Waals surface area contributed by atoms with Crippen molar-refractivity contribution in [3.63, 3.8) is 0 Å². The zero-order chi connectivity index (χ0) is 22.1. The highest BCUT2D eigenvalue weighted by molar-refractivity contribution is 6.30. The van der Waals surface area contributed by atoms with E-state index in [1.807, 2.05) is 83.9 Å². The molecule has 0 fully saturated rings. The number of hydrogen-bond donors (Lipinski definition) is 2. The van der Waals surface area contributed by atoms with Gasteiger partial charge in [-0.2, -0.15) is 5.10 Å². The number of aromatic amines is 1. The number of halogens is 2. The van der Waals surface area contributed by atoms with Crippen LogP contribution in [-0.4, -0.2) is 23.1 Å². The average Bonchev–Trinajstić information content (AvgIpc) is 3.43. The van der Waals surface area contributed by atoms with Crippen molar-refractivity contribution in [1.82, 2.24) is 10.3 Å². The van der Waals surface area contributed by atoms with E-state index in [2.05, 4.69) is 10.3 Å². The Kier molecular flexibility index (Phi) is 5.60. The molecule has 4 aromatic rings. The average molecular weight is 463 g/mol. The first kappa shape index (κ1) is 20.6. The first-order valence-electron chi connectivity index (χ1n) is 10.3. The van der Waals surface area contributed by atoms with Crippen molar-refractivity contribution in [3.8, 4) is 0 Å².